The van der Waals surface area contributed by atoms with Gasteiger partial charge in [0.05, 0.1) is 18.9 Å². The van der Waals surface area contributed by atoms with Crippen molar-refractivity contribution >= 4 is 35.8 Å². The van der Waals surface area contributed by atoms with Crippen molar-refractivity contribution in [3.8, 4) is 0 Å². The number of ether oxygens (including phenoxy) is 6. The Bertz CT molecular complexity index is 979. The molecule has 0 aliphatic heterocycles. The van der Waals surface area contributed by atoms with Crippen LogP contribution < -0.4 is 0 Å². The van der Waals surface area contributed by atoms with Crippen molar-refractivity contribution in [1.82, 2.24) is 0 Å². The summed E-state index contributed by atoms with van der Waals surface area (Å²) in [6.45, 7) is 19.6. The average Bonchev–Trinajstić information content (AvgIpc) is 2.90. The molecule has 2 atom stereocenters. The summed E-state index contributed by atoms with van der Waals surface area (Å²) >= 11 is 0. The normalized spacial score (nSPS) is 12.2. The molecule has 13 nitrogen and oxygen atoms in total. The first-order valence-corrected chi connectivity index (χ1v) is 11.0. The second kappa shape index (κ2) is 16.1. The van der Waals surface area contributed by atoms with E-state index in [1.807, 2.05) is 0 Å². The SMILES string of the molecule is C=CC(=O)OCC(CC(O)CC(OC(=O)C=C)(OC(=O)C=C)C(C)OC(=O)C=C)(OC(=O)C=C)OC(=O)C=C. The number of carbonyl (C=O) groups excluding carboxylic acids is 6. The first-order chi connectivity index (χ1) is 18.2. The first-order valence-electron chi connectivity index (χ1n) is 11.0. The van der Waals surface area contributed by atoms with Crippen LogP contribution in [0.2, 0.25) is 0 Å². The highest BCUT2D eigenvalue weighted by Gasteiger charge is 2.50. The molecule has 0 bridgehead atoms. The van der Waals surface area contributed by atoms with Gasteiger partial charge in [-0.3, -0.25) is 0 Å². The second-order valence-corrected chi connectivity index (χ2v) is 7.38. The number of hydrogen-bond acceptors (Lipinski definition) is 13. The Morgan fingerprint density at radius 1 is 0.641 bits per heavy atom. The van der Waals surface area contributed by atoms with Gasteiger partial charge in [0.1, 0.15) is 0 Å². The van der Waals surface area contributed by atoms with Crippen LogP contribution in [-0.2, 0) is 57.2 Å². The molecular weight excluding hydrogens is 520 g/mol. The van der Waals surface area contributed by atoms with Crippen LogP contribution in [0, 0.1) is 0 Å². The minimum Gasteiger partial charge on any atom is -0.454 e. The monoisotopic (exact) mass is 550 g/mol. The molecule has 0 amide bonds. The number of rotatable bonds is 18. The van der Waals surface area contributed by atoms with Crippen molar-refractivity contribution < 1.29 is 62.3 Å². The highest BCUT2D eigenvalue weighted by molar-refractivity contribution is 5.85. The van der Waals surface area contributed by atoms with Crippen LogP contribution in [-0.4, -0.2) is 71.3 Å². The van der Waals surface area contributed by atoms with Crippen molar-refractivity contribution in [2.45, 2.75) is 43.5 Å². The van der Waals surface area contributed by atoms with Gasteiger partial charge in [-0.2, -0.15) is 0 Å². The lowest BCUT2D eigenvalue weighted by atomic mass is 9.97. The van der Waals surface area contributed by atoms with E-state index in [0.29, 0.717) is 24.3 Å². The van der Waals surface area contributed by atoms with Crippen LogP contribution in [0.25, 0.3) is 0 Å². The summed E-state index contributed by atoms with van der Waals surface area (Å²) in [5, 5.41) is 11.0. The van der Waals surface area contributed by atoms with E-state index in [9.17, 15) is 33.9 Å². The molecule has 1 N–H and O–H groups in total. The summed E-state index contributed by atoms with van der Waals surface area (Å²) in [5.74, 6) is -11.7. The zero-order chi connectivity index (χ0) is 30.2. The molecule has 2 unspecified atom stereocenters. The van der Waals surface area contributed by atoms with Gasteiger partial charge < -0.3 is 33.5 Å². The molecule has 0 aromatic rings. The minimum atomic E-state index is -2.54. The van der Waals surface area contributed by atoms with Crippen molar-refractivity contribution in [2.75, 3.05) is 6.61 Å². The Labute approximate surface area is 224 Å². The van der Waals surface area contributed by atoms with Gasteiger partial charge in [-0.25, -0.2) is 28.8 Å². The molecule has 0 aromatic heterocycles. The molecule has 0 saturated carbocycles. The maximum Gasteiger partial charge on any atom is 0.333 e. The fourth-order valence-corrected chi connectivity index (χ4v) is 2.84. The third kappa shape index (κ3) is 11.4. The number of hydrogen-bond donors (Lipinski definition) is 1. The largest absolute Gasteiger partial charge is 0.454 e. The van der Waals surface area contributed by atoms with Crippen molar-refractivity contribution in [3.63, 3.8) is 0 Å². The van der Waals surface area contributed by atoms with Gasteiger partial charge in [-0.15, -0.1) is 0 Å². The lowest BCUT2D eigenvalue weighted by molar-refractivity contribution is -0.274. The lowest BCUT2D eigenvalue weighted by Gasteiger charge is -2.39. The fraction of sp³-hybridized carbons (Fsp3) is 0.308. The number of aliphatic hydroxyl groups excluding tert-OH is 1. The standard InChI is InChI=1S/C26H30O13/c1-8-19(28)34-16-25(36-21(30)10-3,37-22(31)11-4)14-18(27)15-26(38-23(32)12-5,39-24(33)13-6)17(7)35-20(29)9-2/h8-13,17-18,27H,1-6,14-16H2,7H3. The summed E-state index contributed by atoms with van der Waals surface area (Å²) in [6, 6.07) is 0. The van der Waals surface area contributed by atoms with Crippen molar-refractivity contribution in [3.05, 3.63) is 75.9 Å². The lowest BCUT2D eigenvalue weighted by Crippen LogP contribution is -2.54. The molecule has 0 heterocycles. The molecule has 0 saturated heterocycles. The molecule has 0 spiro atoms. The van der Waals surface area contributed by atoms with E-state index in [0.717, 1.165) is 19.1 Å². The molecule has 0 aliphatic carbocycles. The second-order valence-electron chi connectivity index (χ2n) is 7.38. The highest BCUT2D eigenvalue weighted by Crippen LogP contribution is 2.32. The number of carbonyl (C=O) groups is 6. The smallest absolute Gasteiger partial charge is 0.333 e. The Morgan fingerprint density at radius 3 is 1.41 bits per heavy atom. The molecule has 0 aromatic carbocycles. The summed E-state index contributed by atoms with van der Waals surface area (Å²) in [6.07, 6.45) is -0.921. The van der Waals surface area contributed by atoms with Gasteiger partial charge in [0.25, 0.3) is 11.6 Å². The molecule has 39 heavy (non-hydrogen) atoms. The predicted octanol–water partition coefficient (Wildman–Crippen LogP) is 1.28. The number of esters is 6. The fourth-order valence-electron chi connectivity index (χ4n) is 2.84. The quantitative estimate of drug-likeness (QED) is 0.112. The van der Waals surface area contributed by atoms with Gasteiger partial charge in [0.15, 0.2) is 12.7 Å². The van der Waals surface area contributed by atoms with E-state index < -0.39 is 79.0 Å². The minimum absolute atomic E-state index is 0.691. The Morgan fingerprint density at radius 2 is 1.03 bits per heavy atom. The molecule has 0 rings (SSSR count). The van der Waals surface area contributed by atoms with E-state index in [2.05, 4.69) is 39.5 Å². The first kappa shape index (κ1) is 34.2. The third-order valence-corrected chi connectivity index (χ3v) is 4.53. The van der Waals surface area contributed by atoms with Crippen LogP contribution in [0.4, 0.5) is 0 Å². The van der Waals surface area contributed by atoms with Gasteiger partial charge >= 0.3 is 35.8 Å². The van der Waals surface area contributed by atoms with Gasteiger partial charge in [0.2, 0.25) is 0 Å². The van der Waals surface area contributed by atoms with Crippen LogP contribution in [0.5, 0.6) is 0 Å². The zero-order valence-corrected chi connectivity index (χ0v) is 21.3. The molecule has 212 valence electrons. The van der Waals surface area contributed by atoms with E-state index >= 15 is 0 Å². The maximum absolute atomic E-state index is 12.2. The summed E-state index contributed by atoms with van der Waals surface area (Å²) < 4.78 is 30.6. The van der Waals surface area contributed by atoms with Gasteiger partial charge in [-0.05, 0) is 6.92 Å². The van der Waals surface area contributed by atoms with Crippen LogP contribution in [0.3, 0.4) is 0 Å². The van der Waals surface area contributed by atoms with E-state index in [1.165, 1.54) is 0 Å². The Kier molecular flexibility index (Phi) is 14.2. The topological polar surface area (TPSA) is 178 Å². The van der Waals surface area contributed by atoms with Crippen LogP contribution in [0.1, 0.15) is 19.8 Å². The molecule has 0 radical (unpaired) electrons. The summed E-state index contributed by atoms with van der Waals surface area (Å²) in [7, 11) is 0. The van der Waals surface area contributed by atoms with E-state index in [1.54, 1.807) is 0 Å². The zero-order valence-electron chi connectivity index (χ0n) is 21.3. The van der Waals surface area contributed by atoms with Crippen molar-refractivity contribution in [2.24, 2.45) is 0 Å². The Hall–Kier alpha value is -4.78. The molecular formula is C26H30O13. The number of aliphatic hydroxyl groups is 1. The van der Waals surface area contributed by atoms with Crippen LogP contribution in [0.15, 0.2) is 75.9 Å². The van der Waals surface area contributed by atoms with Gasteiger partial charge in [0, 0.05) is 36.5 Å². The maximum atomic E-state index is 12.2. The van der Waals surface area contributed by atoms with Crippen LogP contribution >= 0.6 is 0 Å². The van der Waals surface area contributed by atoms with E-state index in [-0.39, 0.29) is 0 Å². The molecule has 0 aliphatic rings. The Balaban J connectivity index is 6.72. The highest BCUT2D eigenvalue weighted by atomic mass is 16.8. The molecule has 13 heteroatoms. The summed E-state index contributed by atoms with van der Waals surface area (Å²) in [4.78, 5) is 72.1. The molecule has 0 fully saturated rings. The van der Waals surface area contributed by atoms with Gasteiger partial charge in [-0.1, -0.05) is 39.5 Å². The predicted molar refractivity (Wildman–Crippen MR) is 133 cm³/mol. The van der Waals surface area contributed by atoms with Crippen molar-refractivity contribution in [1.29, 1.82) is 0 Å². The van der Waals surface area contributed by atoms with E-state index in [4.69, 9.17) is 28.4 Å². The third-order valence-electron chi connectivity index (χ3n) is 4.53. The summed E-state index contributed by atoms with van der Waals surface area (Å²) in [5.41, 5.74) is 0. The average molecular weight is 551 g/mol.